The minimum atomic E-state index is -0.497. The standard InChI is InChI=1S/C20H21N5O3/c1-20(2,3)24-19-17(25(26)27)18(21-13-22-19)23-14-9-11-16(12-10-14)28-15-7-5-4-6-8-15/h4-13H,1-3H3,(H2,21,22,23,24). The quantitative estimate of drug-likeness (QED) is 0.452. The van der Waals surface area contributed by atoms with Crippen LogP contribution in [-0.2, 0) is 0 Å². The van der Waals surface area contributed by atoms with Gasteiger partial charge in [0.2, 0.25) is 11.6 Å². The third-order valence-corrected chi connectivity index (χ3v) is 3.59. The monoisotopic (exact) mass is 379 g/mol. The van der Waals surface area contributed by atoms with E-state index in [0.29, 0.717) is 11.4 Å². The van der Waals surface area contributed by atoms with Crippen LogP contribution in [0.2, 0.25) is 0 Å². The zero-order chi connectivity index (χ0) is 20.1. The molecule has 8 heteroatoms. The Kier molecular flexibility index (Phi) is 5.39. The molecule has 0 bridgehead atoms. The van der Waals surface area contributed by atoms with Crippen molar-refractivity contribution in [2.45, 2.75) is 26.3 Å². The predicted octanol–water partition coefficient (Wildman–Crippen LogP) is 5.13. The summed E-state index contributed by atoms with van der Waals surface area (Å²) in [7, 11) is 0. The van der Waals surface area contributed by atoms with Crippen LogP contribution in [0.15, 0.2) is 60.9 Å². The lowest BCUT2D eigenvalue weighted by molar-refractivity contribution is -0.383. The molecular weight excluding hydrogens is 358 g/mol. The fraction of sp³-hybridized carbons (Fsp3) is 0.200. The molecular formula is C20H21N5O3. The third kappa shape index (κ3) is 4.94. The van der Waals surface area contributed by atoms with Gasteiger partial charge in [-0.25, -0.2) is 9.97 Å². The summed E-state index contributed by atoms with van der Waals surface area (Å²) >= 11 is 0. The molecule has 0 saturated heterocycles. The molecule has 0 spiro atoms. The molecule has 28 heavy (non-hydrogen) atoms. The van der Waals surface area contributed by atoms with E-state index in [0.717, 1.165) is 5.75 Å². The molecule has 0 amide bonds. The molecule has 0 fully saturated rings. The maximum Gasteiger partial charge on any atom is 0.353 e. The molecule has 8 nitrogen and oxygen atoms in total. The summed E-state index contributed by atoms with van der Waals surface area (Å²) in [5.74, 6) is 1.67. The SMILES string of the molecule is CC(C)(C)Nc1ncnc(Nc2ccc(Oc3ccccc3)cc2)c1[N+](=O)[O-]. The molecule has 0 aliphatic heterocycles. The van der Waals surface area contributed by atoms with E-state index < -0.39 is 4.92 Å². The number of para-hydroxylation sites is 1. The molecule has 2 aromatic carbocycles. The van der Waals surface area contributed by atoms with Crippen LogP contribution in [-0.4, -0.2) is 20.4 Å². The third-order valence-electron chi connectivity index (χ3n) is 3.59. The molecule has 144 valence electrons. The summed E-state index contributed by atoms with van der Waals surface area (Å²) in [4.78, 5) is 19.2. The Labute approximate surface area is 162 Å². The van der Waals surface area contributed by atoms with Crippen LogP contribution in [0.1, 0.15) is 20.8 Å². The molecule has 0 aliphatic carbocycles. The van der Waals surface area contributed by atoms with Gasteiger partial charge < -0.3 is 15.4 Å². The van der Waals surface area contributed by atoms with E-state index in [2.05, 4.69) is 20.6 Å². The average Bonchev–Trinajstić information content (AvgIpc) is 2.63. The van der Waals surface area contributed by atoms with Crippen LogP contribution in [0.4, 0.5) is 23.0 Å². The number of rotatable bonds is 6. The largest absolute Gasteiger partial charge is 0.457 e. The van der Waals surface area contributed by atoms with Crippen molar-refractivity contribution in [2.75, 3.05) is 10.6 Å². The Morgan fingerprint density at radius 1 is 0.929 bits per heavy atom. The van der Waals surface area contributed by atoms with Crippen molar-refractivity contribution in [3.63, 3.8) is 0 Å². The first-order valence-electron chi connectivity index (χ1n) is 8.69. The van der Waals surface area contributed by atoms with Crippen molar-refractivity contribution < 1.29 is 9.66 Å². The molecule has 1 aromatic heterocycles. The van der Waals surface area contributed by atoms with Gasteiger partial charge in [0, 0.05) is 11.2 Å². The maximum atomic E-state index is 11.6. The predicted molar refractivity (Wildman–Crippen MR) is 108 cm³/mol. The number of nitrogens with zero attached hydrogens (tertiary/aromatic N) is 3. The topological polar surface area (TPSA) is 102 Å². The van der Waals surface area contributed by atoms with Crippen molar-refractivity contribution in [1.29, 1.82) is 0 Å². The van der Waals surface area contributed by atoms with Gasteiger partial charge in [-0.1, -0.05) is 18.2 Å². The minimum absolute atomic E-state index is 0.114. The van der Waals surface area contributed by atoms with E-state index in [-0.39, 0.29) is 22.9 Å². The zero-order valence-corrected chi connectivity index (χ0v) is 15.8. The molecule has 2 N–H and O–H groups in total. The first-order valence-corrected chi connectivity index (χ1v) is 8.69. The van der Waals surface area contributed by atoms with Crippen LogP contribution < -0.4 is 15.4 Å². The number of nitro groups is 1. The van der Waals surface area contributed by atoms with Crippen molar-refractivity contribution in [1.82, 2.24) is 9.97 Å². The zero-order valence-electron chi connectivity index (χ0n) is 15.8. The number of anilines is 3. The van der Waals surface area contributed by atoms with Gasteiger partial charge in [-0.3, -0.25) is 10.1 Å². The summed E-state index contributed by atoms with van der Waals surface area (Å²) in [6, 6.07) is 16.5. The number of ether oxygens (including phenoxy) is 1. The van der Waals surface area contributed by atoms with E-state index in [4.69, 9.17) is 4.74 Å². The lowest BCUT2D eigenvalue weighted by Gasteiger charge is -2.21. The summed E-state index contributed by atoms with van der Waals surface area (Å²) in [6.45, 7) is 5.70. The summed E-state index contributed by atoms with van der Waals surface area (Å²) in [5.41, 5.74) is 0.0539. The molecule has 1 heterocycles. The molecule has 0 radical (unpaired) electrons. The second kappa shape index (κ2) is 7.91. The van der Waals surface area contributed by atoms with Gasteiger partial charge in [0.25, 0.3) is 0 Å². The van der Waals surface area contributed by atoms with Gasteiger partial charge in [-0.05, 0) is 57.2 Å². The molecule has 0 atom stereocenters. The first-order chi connectivity index (χ1) is 13.3. The number of aromatic nitrogens is 2. The van der Waals surface area contributed by atoms with Gasteiger partial charge >= 0.3 is 5.69 Å². The minimum Gasteiger partial charge on any atom is -0.457 e. The summed E-state index contributed by atoms with van der Waals surface area (Å²) < 4.78 is 5.75. The molecule has 0 unspecified atom stereocenters. The fourth-order valence-electron chi connectivity index (χ4n) is 2.46. The Morgan fingerprint density at radius 2 is 1.54 bits per heavy atom. The highest BCUT2D eigenvalue weighted by Crippen LogP contribution is 2.33. The summed E-state index contributed by atoms with van der Waals surface area (Å²) in [6.07, 6.45) is 1.29. The van der Waals surface area contributed by atoms with Crippen molar-refractivity contribution in [3.05, 3.63) is 71.0 Å². The Hall–Kier alpha value is -3.68. The van der Waals surface area contributed by atoms with E-state index in [1.54, 1.807) is 24.3 Å². The molecule has 3 rings (SSSR count). The summed E-state index contributed by atoms with van der Waals surface area (Å²) in [5, 5.41) is 17.6. The van der Waals surface area contributed by atoms with E-state index in [1.165, 1.54) is 6.33 Å². The lowest BCUT2D eigenvalue weighted by atomic mass is 10.1. The van der Waals surface area contributed by atoms with Crippen molar-refractivity contribution >= 4 is 23.0 Å². The lowest BCUT2D eigenvalue weighted by Crippen LogP contribution is -2.27. The smallest absolute Gasteiger partial charge is 0.353 e. The molecule has 0 aliphatic rings. The van der Waals surface area contributed by atoms with Crippen molar-refractivity contribution in [3.8, 4) is 11.5 Å². The number of hydrogen-bond donors (Lipinski definition) is 2. The van der Waals surface area contributed by atoms with Crippen LogP contribution in [0.5, 0.6) is 11.5 Å². The van der Waals surface area contributed by atoms with Crippen LogP contribution in [0.3, 0.4) is 0 Å². The van der Waals surface area contributed by atoms with Crippen molar-refractivity contribution in [2.24, 2.45) is 0 Å². The van der Waals surface area contributed by atoms with Gasteiger partial charge in [0.15, 0.2) is 0 Å². The normalized spacial score (nSPS) is 11.0. The van der Waals surface area contributed by atoms with Crippen LogP contribution >= 0.6 is 0 Å². The Bertz CT molecular complexity index is 954. The molecule has 0 saturated carbocycles. The maximum absolute atomic E-state index is 11.6. The highest BCUT2D eigenvalue weighted by molar-refractivity contribution is 5.74. The highest BCUT2D eigenvalue weighted by atomic mass is 16.6. The number of hydrogen-bond acceptors (Lipinski definition) is 7. The average molecular weight is 379 g/mol. The Balaban J connectivity index is 1.81. The van der Waals surface area contributed by atoms with Crippen LogP contribution in [0, 0.1) is 10.1 Å². The van der Waals surface area contributed by atoms with E-state index in [1.807, 2.05) is 51.1 Å². The van der Waals surface area contributed by atoms with Gasteiger partial charge in [-0.2, -0.15) is 0 Å². The number of benzene rings is 2. The van der Waals surface area contributed by atoms with E-state index in [9.17, 15) is 10.1 Å². The molecule has 3 aromatic rings. The van der Waals surface area contributed by atoms with Gasteiger partial charge in [0.1, 0.15) is 17.8 Å². The number of nitrogens with one attached hydrogen (secondary N) is 2. The fourth-order valence-corrected chi connectivity index (χ4v) is 2.46. The second-order valence-electron chi connectivity index (χ2n) is 7.12. The first kappa shape index (κ1) is 19.1. The van der Waals surface area contributed by atoms with Gasteiger partial charge in [-0.15, -0.1) is 0 Å². The van der Waals surface area contributed by atoms with Crippen LogP contribution in [0.25, 0.3) is 0 Å². The van der Waals surface area contributed by atoms with E-state index >= 15 is 0 Å². The Morgan fingerprint density at radius 3 is 2.14 bits per heavy atom. The van der Waals surface area contributed by atoms with Gasteiger partial charge in [0.05, 0.1) is 4.92 Å². The highest BCUT2D eigenvalue weighted by Gasteiger charge is 2.25. The second-order valence-corrected chi connectivity index (χ2v) is 7.12.